The molecule has 1 fully saturated rings. The van der Waals surface area contributed by atoms with Gasteiger partial charge in [-0.15, -0.1) is 0 Å². The van der Waals surface area contributed by atoms with Gasteiger partial charge in [-0.05, 0) is 43.0 Å². The number of hydrogen-bond donors (Lipinski definition) is 1. The van der Waals surface area contributed by atoms with Crippen molar-refractivity contribution in [3.63, 3.8) is 0 Å². The van der Waals surface area contributed by atoms with E-state index in [4.69, 9.17) is 11.6 Å². The molecule has 144 valence electrons. The van der Waals surface area contributed by atoms with Crippen molar-refractivity contribution in [2.24, 2.45) is 5.92 Å². The van der Waals surface area contributed by atoms with Crippen molar-refractivity contribution in [1.29, 1.82) is 0 Å². The molecule has 4 heteroatoms. The van der Waals surface area contributed by atoms with E-state index in [2.05, 4.69) is 13.8 Å². The number of amides is 1. The van der Waals surface area contributed by atoms with Crippen molar-refractivity contribution in [1.82, 2.24) is 4.90 Å². The molecule has 0 unspecified atom stereocenters. The Labute approximate surface area is 167 Å². The van der Waals surface area contributed by atoms with Gasteiger partial charge in [0.05, 0.1) is 5.60 Å². The summed E-state index contributed by atoms with van der Waals surface area (Å²) in [6.07, 6.45) is 3.20. The van der Waals surface area contributed by atoms with Gasteiger partial charge in [-0.1, -0.05) is 68.3 Å². The number of halogens is 1. The summed E-state index contributed by atoms with van der Waals surface area (Å²) in [5, 5.41) is 12.3. The van der Waals surface area contributed by atoms with Crippen molar-refractivity contribution < 1.29 is 9.90 Å². The molecule has 3 rings (SSSR count). The minimum absolute atomic E-state index is 0.000523. The maximum atomic E-state index is 13.2. The second kappa shape index (κ2) is 8.45. The molecule has 0 aromatic heterocycles. The lowest BCUT2D eigenvalue weighted by Gasteiger charge is -2.50. The third kappa shape index (κ3) is 3.90. The van der Waals surface area contributed by atoms with Gasteiger partial charge in [0.2, 0.25) is 0 Å². The van der Waals surface area contributed by atoms with Crippen molar-refractivity contribution in [2.75, 3.05) is 6.54 Å². The molecule has 2 aromatic carbocycles. The van der Waals surface area contributed by atoms with Gasteiger partial charge in [-0.25, -0.2) is 0 Å². The molecule has 0 aliphatic carbocycles. The fourth-order valence-corrected chi connectivity index (χ4v) is 4.74. The van der Waals surface area contributed by atoms with Crippen LogP contribution in [0.25, 0.3) is 0 Å². The van der Waals surface area contributed by atoms with Gasteiger partial charge in [-0.2, -0.15) is 0 Å². The van der Waals surface area contributed by atoms with Crippen LogP contribution in [0, 0.1) is 5.92 Å². The van der Waals surface area contributed by atoms with Crippen molar-refractivity contribution in [3.05, 3.63) is 70.7 Å². The second-order valence-electron chi connectivity index (χ2n) is 7.42. The summed E-state index contributed by atoms with van der Waals surface area (Å²) in [5.74, 6) is 0.00680. The minimum atomic E-state index is -0.900. The lowest BCUT2D eigenvalue weighted by atomic mass is 9.69. The summed E-state index contributed by atoms with van der Waals surface area (Å²) in [7, 11) is 0. The number of piperidine rings is 1. The first-order chi connectivity index (χ1) is 13.0. The maximum absolute atomic E-state index is 13.2. The fraction of sp³-hybridized carbons (Fsp3) is 0.435. The van der Waals surface area contributed by atoms with E-state index in [-0.39, 0.29) is 17.9 Å². The highest BCUT2D eigenvalue weighted by molar-refractivity contribution is 6.30. The van der Waals surface area contributed by atoms with E-state index in [9.17, 15) is 9.90 Å². The number of hydrogen-bond acceptors (Lipinski definition) is 2. The number of nitrogens with zero attached hydrogens (tertiary/aromatic N) is 1. The molecule has 1 saturated heterocycles. The topological polar surface area (TPSA) is 40.5 Å². The number of carbonyl (C=O) groups excluding carboxylic acids is 1. The van der Waals surface area contributed by atoms with Crippen LogP contribution in [0.2, 0.25) is 5.02 Å². The Balaban J connectivity index is 1.95. The molecule has 1 amide bonds. The molecule has 1 heterocycles. The van der Waals surface area contributed by atoms with Gasteiger partial charge < -0.3 is 10.0 Å². The van der Waals surface area contributed by atoms with Crippen LogP contribution in [0.3, 0.4) is 0 Å². The maximum Gasteiger partial charge on any atom is 0.254 e. The van der Waals surface area contributed by atoms with E-state index in [1.165, 1.54) is 0 Å². The molecule has 0 saturated carbocycles. The van der Waals surface area contributed by atoms with Crippen LogP contribution >= 0.6 is 11.6 Å². The molecule has 1 N–H and O–H groups in total. The number of carbonyl (C=O) groups is 1. The standard InChI is InChI=1S/C23H28ClNO2/c1-3-9-20-21(4-2)25(22(26)17-10-8-13-19(24)16-17)15-14-23(20,27)18-11-6-5-7-12-18/h5-8,10-13,16,20-21,27H,3-4,9,14-15H2,1-2H3/t20-,21+,23-/m1/s1. The molecule has 27 heavy (non-hydrogen) atoms. The summed E-state index contributed by atoms with van der Waals surface area (Å²) < 4.78 is 0. The van der Waals surface area contributed by atoms with Gasteiger partial charge >= 0.3 is 0 Å². The highest BCUT2D eigenvalue weighted by Gasteiger charge is 2.48. The first-order valence-electron chi connectivity index (χ1n) is 9.85. The summed E-state index contributed by atoms with van der Waals surface area (Å²) in [6.45, 7) is 4.77. The third-order valence-electron chi connectivity index (χ3n) is 5.84. The minimum Gasteiger partial charge on any atom is -0.385 e. The van der Waals surface area contributed by atoms with Crippen LogP contribution in [0.5, 0.6) is 0 Å². The summed E-state index contributed by atoms with van der Waals surface area (Å²) in [5.41, 5.74) is 0.668. The average molecular weight is 386 g/mol. The Morgan fingerprint density at radius 1 is 1.19 bits per heavy atom. The first-order valence-corrected chi connectivity index (χ1v) is 10.2. The molecule has 0 radical (unpaired) electrons. The molecular weight excluding hydrogens is 358 g/mol. The molecule has 2 aromatic rings. The lowest BCUT2D eigenvalue weighted by Crippen LogP contribution is -2.57. The van der Waals surface area contributed by atoms with Crippen LogP contribution in [-0.4, -0.2) is 28.5 Å². The highest BCUT2D eigenvalue weighted by Crippen LogP contribution is 2.44. The van der Waals surface area contributed by atoms with Gasteiger partial charge in [0.1, 0.15) is 0 Å². The van der Waals surface area contributed by atoms with Crippen LogP contribution in [-0.2, 0) is 5.60 Å². The van der Waals surface area contributed by atoms with Crippen molar-refractivity contribution in [3.8, 4) is 0 Å². The summed E-state index contributed by atoms with van der Waals surface area (Å²) >= 11 is 6.09. The quantitative estimate of drug-likeness (QED) is 0.761. The van der Waals surface area contributed by atoms with Crippen LogP contribution in [0.15, 0.2) is 54.6 Å². The highest BCUT2D eigenvalue weighted by atomic mass is 35.5. The number of benzene rings is 2. The van der Waals surface area contributed by atoms with E-state index in [1.807, 2.05) is 47.4 Å². The molecule has 0 bridgehead atoms. The van der Waals surface area contributed by atoms with E-state index in [0.29, 0.717) is 23.6 Å². The van der Waals surface area contributed by atoms with Crippen LogP contribution < -0.4 is 0 Å². The van der Waals surface area contributed by atoms with Crippen molar-refractivity contribution >= 4 is 17.5 Å². The fourth-order valence-electron chi connectivity index (χ4n) is 4.55. The molecule has 1 aliphatic rings. The zero-order chi connectivity index (χ0) is 19.4. The molecule has 3 atom stereocenters. The van der Waals surface area contributed by atoms with E-state index in [1.54, 1.807) is 12.1 Å². The average Bonchev–Trinajstić information content (AvgIpc) is 2.69. The Kier molecular flexibility index (Phi) is 6.23. The van der Waals surface area contributed by atoms with Crippen LogP contribution in [0.4, 0.5) is 0 Å². The Morgan fingerprint density at radius 2 is 1.93 bits per heavy atom. The zero-order valence-corrected chi connectivity index (χ0v) is 16.8. The van der Waals surface area contributed by atoms with Gasteiger partial charge in [0.15, 0.2) is 0 Å². The largest absolute Gasteiger partial charge is 0.385 e. The van der Waals surface area contributed by atoms with E-state index in [0.717, 1.165) is 24.8 Å². The Hall–Kier alpha value is -1.84. The van der Waals surface area contributed by atoms with Gasteiger partial charge in [-0.3, -0.25) is 4.79 Å². The SMILES string of the molecule is CCC[C@@H]1[C@H](CC)N(C(=O)c2cccc(Cl)c2)CC[C@@]1(O)c1ccccc1. The predicted octanol–water partition coefficient (Wildman–Crippen LogP) is 5.27. The van der Waals surface area contributed by atoms with E-state index < -0.39 is 5.60 Å². The number of likely N-dealkylation sites (tertiary alicyclic amines) is 1. The third-order valence-corrected chi connectivity index (χ3v) is 6.07. The first kappa shape index (κ1) is 19.9. The molecule has 0 spiro atoms. The number of rotatable bonds is 5. The van der Waals surface area contributed by atoms with Crippen molar-refractivity contribution in [2.45, 2.75) is 51.2 Å². The smallest absolute Gasteiger partial charge is 0.254 e. The number of aliphatic hydroxyl groups is 1. The lowest BCUT2D eigenvalue weighted by molar-refractivity contribution is -0.101. The van der Waals surface area contributed by atoms with Crippen LogP contribution in [0.1, 0.15) is 55.5 Å². The predicted molar refractivity (Wildman–Crippen MR) is 110 cm³/mol. The Morgan fingerprint density at radius 3 is 2.56 bits per heavy atom. The van der Waals surface area contributed by atoms with E-state index >= 15 is 0 Å². The Bertz CT molecular complexity index is 779. The summed E-state index contributed by atoms with van der Waals surface area (Å²) in [6, 6.07) is 17.0. The molecular formula is C23H28ClNO2. The summed E-state index contributed by atoms with van der Waals surface area (Å²) in [4.78, 5) is 15.2. The molecule has 1 aliphatic heterocycles. The van der Waals surface area contributed by atoms with Gasteiger partial charge in [0.25, 0.3) is 5.91 Å². The van der Waals surface area contributed by atoms with Gasteiger partial charge in [0, 0.05) is 29.1 Å². The normalized spacial score (nSPS) is 25.4. The monoisotopic (exact) mass is 385 g/mol. The second-order valence-corrected chi connectivity index (χ2v) is 7.86. The zero-order valence-electron chi connectivity index (χ0n) is 16.1. The molecule has 3 nitrogen and oxygen atoms in total.